The quantitative estimate of drug-likeness (QED) is 0.604. The Balaban J connectivity index is 1.89. The molecule has 2 aromatic heterocycles. The van der Waals surface area contributed by atoms with Gasteiger partial charge in [-0.05, 0) is 6.07 Å². The third-order valence-corrected chi connectivity index (χ3v) is 3.40. The highest BCUT2D eigenvalue weighted by molar-refractivity contribution is 5.91. The van der Waals surface area contributed by atoms with Gasteiger partial charge in [-0.15, -0.1) is 0 Å². The molecule has 0 saturated heterocycles. The molecule has 5 heteroatoms. The minimum atomic E-state index is 0.862. The maximum Gasteiger partial charge on any atom is 0.159 e. The molecule has 1 aliphatic rings. The van der Waals surface area contributed by atoms with E-state index in [0.717, 1.165) is 47.6 Å². The summed E-state index contributed by atoms with van der Waals surface area (Å²) < 4.78 is 0. The SMILES string of the molecule is c1ccc2c(-c3nc4c([nH]3)CNCC4)n[nH]c2c1. The summed E-state index contributed by atoms with van der Waals surface area (Å²) in [5.74, 6) is 0.862. The number of H-pyrrole nitrogens is 2. The summed E-state index contributed by atoms with van der Waals surface area (Å²) in [6.45, 7) is 1.86. The van der Waals surface area contributed by atoms with Crippen LogP contribution >= 0.6 is 0 Å². The van der Waals surface area contributed by atoms with Gasteiger partial charge in [0.1, 0.15) is 5.69 Å². The van der Waals surface area contributed by atoms with Crippen molar-refractivity contribution < 1.29 is 0 Å². The number of aromatic nitrogens is 4. The summed E-state index contributed by atoms with van der Waals surface area (Å²) in [5, 5.41) is 11.9. The van der Waals surface area contributed by atoms with E-state index in [1.165, 1.54) is 5.69 Å². The van der Waals surface area contributed by atoms with E-state index in [9.17, 15) is 0 Å². The summed E-state index contributed by atoms with van der Waals surface area (Å²) in [6, 6.07) is 8.11. The fourth-order valence-corrected chi connectivity index (χ4v) is 2.47. The van der Waals surface area contributed by atoms with Gasteiger partial charge in [0.2, 0.25) is 0 Å². The highest BCUT2D eigenvalue weighted by Gasteiger charge is 2.17. The molecular formula is C13H13N5. The first kappa shape index (κ1) is 9.85. The van der Waals surface area contributed by atoms with Crippen molar-refractivity contribution in [2.75, 3.05) is 6.54 Å². The Kier molecular flexibility index (Phi) is 2.01. The molecule has 5 nitrogen and oxygen atoms in total. The number of hydrogen-bond acceptors (Lipinski definition) is 3. The van der Waals surface area contributed by atoms with Crippen LogP contribution in [0, 0.1) is 0 Å². The zero-order valence-corrected chi connectivity index (χ0v) is 9.83. The number of nitrogens with one attached hydrogen (secondary N) is 3. The zero-order valence-electron chi connectivity index (χ0n) is 9.83. The van der Waals surface area contributed by atoms with Gasteiger partial charge in [-0.3, -0.25) is 5.10 Å². The first-order valence-electron chi connectivity index (χ1n) is 6.14. The maximum absolute atomic E-state index is 4.67. The molecular weight excluding hydrogens is 226 g/mol. The second-order valence-electron chi connectivity index (χ2n) is 4.56. The van der Waals surface area contributed by atoms with Crippen molar-refractivity contribution in [3.63, 3.8) is 0 Å². The molecule has 1 aliphatic heterocycles. The largest absolute Gasteiger partial charge is 0.339 e. The first-order chi connectivity index (χ1) is 8.92. The van der Waals surface area contributed by atoms with Gasteiger partial charge in [0, 0.05) is 24.9 Å². The molecule has 0 aliphatic carbocycles. The van der Waals surface area contributed by atoms with Crippen LogP contribution in [0.1, 0.15) is 11.4 Å². The molecule has 0 spiro atoms. The molecule has 0 amide bonds. The molecule has 0 bridgehead atoms. The summed E-state index contributed by atoms with van der Waals surface area (Å²) in [5.41, 5.74) is 4.29. The molecule has 1 aromatic carbocycles. The topological polar surface area (TPSA) is 69.4 Å². The van der Waals surface area contributed by atoms with E-state index < -0.39 is 0 Å². The van der Waals surface area contributed by atoms with Gasteiger partial charge in [-0.25, -0.2) is 4.98 Å². The molecule has 18 heavy (non-hydrogen) atoms. The minimum absolute atomic E-state index is 0.862. The monoisotopic (exact) mass is 239 g/mol. The predicted octanol–water partition coefficient (Wildman–Crippen LogP) is 1.60. The van der Waals surface area contributed by atoms with Crippen LogP contribution in [0.15, 0.2) is 24.3 Å². The lowest BCUT2D eigenvalue weighted by Gasteiger charge is -2.09. The van der Waals surface area contributed by atoms with Crippen LogP contribution in [0.25, 0.3) is 22.4 Å². The van der Waals surface area contributed by atoms with Crippen molar-refractivity contribution >= 4 is 10.9 Å². The van der Waals surface area contributed by atoms with Crippen LogP contribution in [-0.4, -0.2) is 26.7 Å². The number of fused-ring (bicyclic) bond motifs is 2. The lowest BCUT2D eigenvalue weighted by atomic mass is 10.2. The number of benzene rings is 1. The van der Waals surface area contributed by atoms with Crippen molar-refractivity contribution in [3.8, 4) is 11.5 Å². The molecule has 3 N–H and O–H groups in total. The Bertz CT molecular complexity index is 686. The fourth-order valence-electron chi connectivity index (χ4n) is 2.47. The predicted molar refractivity (Wildman–Crippen MR) is 69.1 cm³/mol. The van der Waals surface area contributed by atoms with Crippen LogP contribution in [-0.2, 0) is 13.0 Å². The Hall–Kier alpha value is -2.14. The van der Waals surface area contributed by atoms with Gasteiger partial charge in [0.05, 0.1) is 16.9 Å². The number of nitrogens with zero attached hydrogens (tertiary/aromatic N) is 2. The van der Waals surface area contributed by atoms with Gasteiger partial charge >= 0.3 is 0 Å². The van der Waals surface area contributed by atoms with E-state index in [-0.39, 0.29) is 0 Å². The summed E-state index contributed by atoms with van der Waals surface area (Å²) in [7, 11) is 0. The second kappa shape index (κ2) is 3.68. The van der Waals surface area contributed by atoms with Gasteiger partial charge < -0.3 is 10.3 Å². The number of imidazole rings is 1. The molecule has 4 rings (SSSR count). The van der Waals surface area contributed by atoms with Crippen molar-refractivity contribution in [2.24, 2.45) is 0 Å². The van der Waals surface area contributed by atoms with Crippen LogP contribution in [0.5, 0.6) is 0 Å². The van der Waals surface area contributed by atoms with E-state index in [2.05, 4.69) is 31.5 Å². The molecule has 3 aromatic rings. The first-order valence-corrected chi connectivity index (χ1v) is 6.14. The number of hydrogen-bond donors (Lipinski definition) is 3. The average Bonchev–Trinajstić information content (AvgIpc) is 3.02. The highest BCUT2D eigenvalue weighted by Crippen LogP contribution is 2.25. The minimum Gasteiger partial charge on any atom is -0.339 e. The molecule has 0 fully saturated rings. The normalized spacial score (nSPS) is 14.9. The average molecular weight is 239 g/mol. The van der Waals surface area contributed by atoms with Gasteiger partial charge in [-0.2, -0.15) is 5.10 Å². The van der Waals surface area contributed by atoms with E-state index in [0.29, 0.717) is 0 Å². The van der Waals surface area contributed by atoms with E-state index in [4.69, 9.17) is 0 Å². The number of aromatic amines is 2. The number of para-hydroxylation sites is 1. The zero-order chi connectivity index (χ0) is 11.9. The van der Waals surface area contributed by atoms with E-state index in [1.807, 2.05) is 18.2 Å². The molecule has 3 heterocycles. The number of rotatable bonds is 1. The molecule has 0 saturated carbocycles. The summed E-state index contributed by atoms with van der Waals surface area (Å²) in [4.78, 5) is 8.04. The third kappa shape index (κ3) is 1.37. The second-order valence-corrected chi connectivity index (χ2v) is 4.56. The van der Waals surface area contributed by atoms with Crippen molar-refractivity contribution in [1.29, 1.82) is 0 Å². The van der Waals surface area contributed by atoms with Crippen LogP contribution in [0.3, 0.4) is 0 Å². The highest BCUT2D eigenvalue weighted by atomic mass is 15.1. The Morgan fingerprint density at radius 2 is 2.11 bits per heavy atom. The van der Waals surface area contributed by atoms with Gasteiger partial charge in [0.25, 0.3) is 0 Å². The van der Waals surface area contributed by atoms with Crippen LogP contribution in [0.4, 0.5) is 0 Å². The lowest BCUT2D eigenvalue weighted by Crippen LogP contribution is -2.23. The Morgan fingerprint density at radius 1 is 1.17 bits per heavy atom. The van der Waals surface area contributed by atoms with E-state index >= 15 is 0 Å². The smallest absolute Gasteiger partial charge is 0.159 e. The van der Waals surface area contributed by atoms with Crippen molar-refractivity contribution in [2.45, 2.75) is 13.0 Å². The third-order valence-electron chi connectivity index (χ3n) is 3.40. The lowest BCUT2D eigenvalue weighted by molar-refractivity contribution is 0.627. The Morgan fingerprint density at radius 3 is 3.06 bits per heavy atom. The summed E-state index contributed by atoms with van der Waals surface area (Å²) in [6.07, 6.45) is 0.980. The summed E-state index contributed by atoms with van der Waals surface area (Å²) >= 11 is 0. The maximum atomic E-state index is 4.67. The van der Waals surface area contributed by atoms with Crippen molar-refractivity contribution in [3.05, 3.63) is 35.7 Å². The molecule has 0 unspecified atom stereocenters. The van der Waals surface area contributed by atoms with Crippen LogP contribution < -0.4 is 5.32 Å². The van der Waals surface area contributed by atoms with Crippen molar-refractivity contribution in [1.82, 2.24) is 25.5 Å². The molecule has 90 valence electrons. The van der Waals surface area contributed by atoms with Crippen LogP contribution in [0.2, 0.25) is 0 Å². The standard InChI is InChI=1S/C13H13N5/c1-2-4-9-8(3-1)12(18-17-9)13-15-10-5-6-14-7-11(10)16-13/h1-4,14H,5-7H2,(H,15,16)(H,17,18). The molecule has 0 radical (unpaired) electrons. The Labute approximate surface area is 104 Å². The molecule has 0 atom stereocenters. The van der Waals surface area contributed by atoms with E-state index in [1.54, 1.807) is 0 Å². The fraction of sp³-hybridized carbons (Fsp3) is 0.231. The van der Waals surface area contributed by atoms with Gasteiger partial charge in [-0.1, -0.05) is 18.2 Å². The van der Waals surface area contributed by atoms with Gasteiger partial charge in [0.15, 0.2) is 5.82 Å².